The summed E-state index contributed by atoms with van der Waals surface area (Å²) in [5, 5.41) is 5.16. The van der Waals surface area contributed by atoms with Gasteiger partial charge in [0.15, 0.2) is 0 Å². The third-order valence-corrected chi connectivity index (χ3v) is 4.01. The van der Waals surface area contributed by atoms with Gasteiger partial charge in [-0.15, -0.1) is 0 Å². The van der Waals surface area contributed by atoms with Gasteiger partial charge in [-0.05, 0) is 55.7 Å². The molecule has 4 nitrogen and oxygen atoms in total. The van der Waals surface area contributed by atoms with Crippen molar-refractivity contribution >= 4 is 23.6 Å². The molecule has 0 atom stereocenters. The maximum atomic E-state index is 12.7. The van der Waals surface area contributed by atoms with Crippen LogP contribution in [0.2, 0.25) is 0 Å². The Kier molecular flexibility index (Phi) is 6.62. The number of carbonyl (C=O) groups excluding carboxylic acids is 2. The van der Waals surface area contributed by atoms with Crippen molar-refractivity contribution < 1.29 is 22.8 Å². The Morgan fingerprint density at radius 2 is 1.68 bits per heavy atom. The van der Waals surface area contributed by atoms with Gasteiger partial charge < -0.3 is 10.6 Å². The predicted molar refractivity (Wildman–Crippen MR) is 103 cm³/mol. The molecular weight excluding hydrogens is 369 g/mol. The summed E-state index contributed by atoms with van der Waals surface area (Å²) < 4.78 is 38.1. The van der Waals surface area contributed by atoms with E-state index >= 15 is 0 Å². The smallest absolute Gasteiger partial charge is 0.343 e. The largest absolute Gasteiger partial charge is 0.416 e. The van der Waals surface area contributed by atoms with Gasteiger partial charge in [-0.2, -0.15) is 13.2 Å². The summed E-state index contributed by atoms with van der Waals surface area (Å²) in [5.41, 5.74) is 3.06. The molecule has 28 heavy (non-hydrogen) atoms. The van der Waals surface area contributed by atoms with Gasteiger partial charge in [0.25, 0.3) is 0 Å². The molecule has 0 spiro atoms. The molecule has 0 heterocycles. The van der Waals surface area contributed by atoms with Gasteiger partial charge in [-0.1, -0.05) is 29.8 Å². The van der Waals surface area contributed by atoms with Gasteiger partial charge in [0.1, 0.15) is 0 Å². The van der Waals surface area contributed by atoms with Crippen molar-refractivity contribution in [3.8, 4) is 0 Å². The number of hydrogen-bond donors (Lipinski definition) is 2. The zero-order chi connectivity index (χ0) is 20.9. The lowest BCUT2D eigenvalue weighted by Crippen LogP contribution is -2.32. The molecule has 0 aliphatic heterocycles. The molecule has 0 bridgehead atoms. The number of rotatable bonds is 5. The summed E-state index contributed by atoms with van der Waals surface area (Å²) in [5.74, 6) is -0.971. The number of halogens is 3. The highest BCUT2D eigenvalue weighted by Gasteiger charge is 2.30. The van der Waals surface area contributed by atoms with Gasteiger partial charge in [0, 0.05) is 11.8 Å². The highest BCUT2D eigenvalue weighted by molar-refractivity contribution is 5.98. The van der Waals surface area contributed by atoms with Crippen LogP contribution in [0, 0.1) is 20.8 Å². The zero-order valence-electron chi connectivity index (χ0n) is 15.8. The van der Waals surface area contributed by atoms with Gasteiger partial charge in [0.2, 0.25) is 11.8 Å². The van der Waals surface area contributed by atoms with Gasteiger partial charge in [-0.3, -0.25) is 9.59 Å². The molecule has 148 valence electrons. The van der Waals surface area contributed by atoms with Crippen molar-refractivity contribution in [1.82, 2.24) is 5.32 Å². The molecule has 0 saturated carbocycles. The molecule has 0 unspecified atom stereocenters. The lowest BCUT2D eigenvalue weighted by molar-refractivity contribution is -0.137. The Morgan fingerprint density at radius 1 is 1.04 bits per heavy atom. The monoisotopic (exact) mass is 390 g/mol. The third-order valence-electron chi connectivity index (χ3n) is 4.01. The Bertz CT molecular complexity index is 895. The second-order valence-corrected chi connectivity index (χ2v) is 6.50. The second kappa shape index (κ2) is 8.73. The van der Waals surface area contributed by atoms with Crippen LogP contribution in [0.15, 0.2) is 42.5 Å². The summed E-state index contributed by atoms with van der Waals surface area (Å²) >= 11 is 0. The standard InChI is InChI=1S/C21H21F3N2O2/c1-13-9-14(2)20(15(3)10-13)26-19(28)12-25-18(27)8-7-16-5-4-6-17(11-16)21(22,23)24/h4-11H,12H2,1-3H3,(H,25,27)(H,26,28). The number of hydrogen-bond acceptors (Lipinski definition) is 2. The first-order chi connectivity index (χ1) is 13.1. The molecule has 2 rings (SSSR count). The minimum Gasteiger partial charge on any atom is -0.343 e. The number of amides is 2. The molecule has 7 heteroatoms. The SMILES string of the molecule is Cc1cc(C)c(NC(=O)CNC(=O)C=Cc2cccc(C(F)(F)F)c2)c(C)c1. The molecule has 2 aromatic carbocycles. The van der Waals surface area contributed by atoms with Crippen LogP contribution in [-0.4, -0.2) is 18.4 Å². The van der Waals surface area contributed by atoms with Crippen LogP contribution in [-0.2, 0) is 15.8 Å². The normalized spacial score (nSPS) is 11.5. The molecule has 2 aromatic rings. The first-order valence-corrected chi connectivity index (χ1v) is 8.57. The van der Waals surface area contributed by atoms with E-state index in [2.05, 4.69) is 10.6 Å². The van der Waals surface area contributed by atoms with Crippen molar-refractivity contribution in [3.05, 3.63) is 70.3 Å². The van der Waals surface area contributed by atoms with Crippen molar-refractivity contribution in [3.63, 3.8) is 0 Å². The summed E-state index contributed by atoms with van der Waals surface area (Å²) in [6, 6.07) is 8.50. The number of aryl methyl sites for hydroxylation is 3. The summed E-state index contributed by atoms with van der Waals surface area (Å²) in [4.78, 5) is 23.9. The molecule has 0 fully saturated rings. The third kappa shape index (κ3) is 5.97. The second-order valence-electron chi connectivity index (χ2n) is 6.50. The van der Waals surface area contributed by atoms with E-state index in [4.69, 9.17) is 0 Å². The fourth-order valence-electron chi connectivity index (χ4n) is 2.78. The Hall–Kier alpha value is -3.09. The minimum absolute atomic E-state index is 0.236. The number of carbonyl (C=O) groups is 2. The quantitative estimate of drug-likeness (QED) is 0.744. The van der Waals surface area contributed by atoms with E-state index in [0.29, 0.717) is 5.69 Å². The predicted octanol–water partition coefficient (Wildman–Crippen LogP) is 4.40. The summed E-state index contributed by atoms with van der Waals surface area (Å²) in [6.45, 7) is 5.47. The van der Waals surface area contributed by atoms with Crippen LogP contribution >= 0.6 is 0 Å². The maximum absolute atomic E-state index is 12.7. The molecule has 2 amide bonds. The average molecular weight is 390 g/mol. The fraction of sp³-hybridized carbons (Fsp3) is 0.238. The highest BCUT2D eigenvalue weighted by atomic mass is 19.4. The molecule has 0 aliphatic carbocycles. The number of benzene rings is 2. The average Bonchev–Trinajstić information content (AvgIpc) is 2.60. The van der Waals surface area contributed by atoms with Gasteiger partial charge in [-0.25, -0.2) is 0 Å². The fourth-order valence-corrected chi connectivity index (χ4v) is 2.78. The molecule has 2 N–H and O–H groups in total. The molecule has 0 aliphatic rings. The van der Waals surface area contributed by atoms with E-state index in [1.807, 2.05) is 32.9 Å². The Labute approximate surface area is 161 Å². The van der Waals surface area contributed by atoms with Gasteiger partial charge in [0.05, 0.1) is 12.1 Å². The molecule has 0 radical (unpaired) electrons. The minimum atomic E-state index is -4.45. The van der Waals surface area contributed by atoms with Crippen LogP contribution in [0.5, 0.6) is 0 Å². The zero-order valence-corrected chi connectivity index (χ0v) is 15.8. The number of alkyl halides is 3. The maximum Gasteiger partial charge on any atom is 0.416 e. The molecule has 0 aromatic heterocycles. The topological polar surface area (TPSA) is 58.2 Å². The van der Waals surface area contributed by atoms with Crippen LogP contribution in [0.4, 0.5) is 18.9 Å². The summed E-state index contributed by atoms with van der Waals surface area (Å²) in [7, 11) is 0. The van der Waals surface area contributed by atoms with Crippen molar-refractivity contribution in [2.24, 2.45) is 0 Å². The van der Waals surface area contributed by atoms with Crippen molar-refractivity contribution in [2.45, 2.75) is 26.9 Å². The number of anilines is 1. The van der Waals surface area contributed by atoms with Gasteiger partial charge >= 0.3 is 6.18 Å². The molecular formula is C21H21F3N2O2. The number of nitrogens with one attached hydrogen (secondary N) is 2. The Balaban J connectivity index is 1.92. The Morgan fingerprint density at radius 3 is 2.29 bits per heavy atom. The van der Waals surface area contributed by atoms with E-state index in [9.17, 15) is 22.8 Å². The van der Waals surface area contributed by atoms with Crippen molar-refractivity contribution in [2.75, 3.05) is 11.9 Å². The van der Waals surface area contributed by atoms with Crippen molar-refractivity contribution in [1.29, 1.82) is 0 Å². The summed E-state index contributed by atoms with van der Waals surface area (Å²) in [6.07, 6.45) is -2.10. The van der Waals surface area contributed by atoms with Crippen LogP contribution in [0.1, 0.15) is 27.8 Å². The van der Waals surface area contributed by atoms with E-state index in [1.165, 1.54) is 18.2 Å². The van der Waals surface area contributed by atoms with Crippen LogP contribution in [0.25, 0.3) is 6.08 Å². The van der Waals surface area contributed by atoms with E-state index in [0.717, 1.165) is 34.9 Å². The van der Waals surface area contributed by atoms with Crippen LogP contribution in [0.3, 0.4) is 0 Å². The van der Waals surface area contributed by atoms with E-state index in [-0.39, 0.29) is 12.1 Å². The molecule has 0 saturated heterocycles. The van der Waals surface area contributed by atoms with E-state index in [1.54, 1.807) is 0 Å². The first-order valence-electron chi connectivity index (χ1n) is 8.57. The first kappa shape index (κ1) is 21.2. The van der Waals surface area contributed by atoms with E-state index < -0.39 is 23.6 Å². The lowest BCUT2D eigenvalue weighted by atomic mass is 10.1. The van der Waals surface area contributed by atoms with Crippen LogP contribution < -0.4 is 10.6 Å². The lowest BCUT2D eigenvalue weighted by Gasteiger charge is -2.13. The highest BCUT2D eigenvalue weighted by Crippen LogP contribution is 2.29.